The molecule has 1 heterocycles. The summed E-state index contributed by atoms with van der Waals surface area (Å²) < 4.78 is 1.12. The molecule has 1 aromatic rings. The maximum absolute atomic E-state index is 10.2. The summed E-state index contributed by atoms with van der Waals surface area (Å²) in [5.41, 5.74) is 2.04. The molecular formula is C13H24NO2Si+. The van der Waals surface area contributed by atoms with Crippen molar-refractivity contribution in [3.8, 4) is 0 Å². The second kappa shape index (κ2) is 4.78. The Hall–Kier alpha value is -0.873. The maximum Gasteiger partial charge on any atom is 0.231 e. The number of pyridine rings is 1. The lowest BCUT2D eigenvalue weighted by molar-refractivity contribution is -0.908. The van der Waals surface area contributed by atoms with E-state index in [0.717, 1.165) is 23.3 Å². The van der Waals surface area contributed by atoms with Gasteiger partial charge in [0.1, 0.15) is 0 Å². The first-order valence-corrected chi connectivity index (χ1v) is 9.01. The highest BCUT2D eigenvalue weighted by Gasteiger charge is 2.37. The Labute approximate surface area is 105 Å². The number of hydrogen-bond acceptors (Lipinski definition) is 2. The molecule has 0 aliphatic heterocycles. The normalized spacial score (nSPS) is 12.8. The quantitative estimate of drug-likeness (QED) is 0.492. The molecule has 96 valence electrons. The van der Waals surface area contributed by atoms with Crippen LogP contribution in [0.1, 0.15) is 31.5 Å². The third kappa shape index (κ3) is 3.54. The fourth-order valence-electron chi connectivity index (χ4n) is 1.58. The van der Waals surface area contributed by atoms with E-state index in [4.69, 9.17) is 0 Å². The van der Waals surface area contributed by atoms with E-state index in [2.05, 4.69) is 13.8 Å². The second-order valence-corrected chi connectivity index (χ2v) is 10.4. The van der Waals surface area contributed by atoms with Gasteiger partial charge in [-0.1, -0.05) is 13.8 Å². The van der Waals surface area contributed by atoms with Crippen LogP contribution in [0.5, 0.6) is 0 Å². The summed E-state index contributed by atoms with van der Waals surface area (Å²) >= 11 is 0. The van der Waals surface area contributed by atoms with Crippen molar-refractivity contribution in [2.75, 3.05) is 0 Å². The lowest BCUT2D eigenvalue weighted by Crippen LogP contribution is -2.39. The number of aromatic nitrogens is 1. The molecule has 4 heteroatoms. The van der Waals surface area contributed by atoms with Gasteiger partial charge in [-0.3, -0.25) is 5.21 Å². The molecule has 0 bridgehead atoms. The topological polar surface area (TPSA) is 44.3 Å². The molecule has 3 nitrogen and oxygen atoms in total. The Morgan fingerprint density at radius 3 is 2.41 bits per heavy atom. The first-order valence-electron chi connectivity index (χ1n) is 6.06. The smallest absolute Gasteiger partial charge is 0.231 e. The van der Waals surface area contributed by atoms with Crippen molar-refractivity contribution in [2.45, 2.75) is 51.7 Å². The molecule has 0 radical (unpaired) electrons. The van der Waals surface area contributed by atoms with Gasteiger partial charge in [0.05, 0.1) is 0 Å². The first-order chi connectivity index (χ1) is 7.63. The molecule has 0 aliphatic rings. The van der Waals surface area contributed by atoms with Crippen molar-refractivity contribution in [1.29, 1.82) is 0 Å². The van der Waals surface area contributed by atoms with Crippen molar-refractivity contribution in [3.05, 3.63) is 29.6 Å². The second-order valence-electron chi connectivity index (χ2n) is 5.96. The number of nitrogens with zero attached hydrogens (tertiary/aromatic N) is 1. The third-order valence-corrected chi connectivity index (χ3v) is 7.44. The molecule has 0 amide bonds. The third-order valence-electron chi connectivity index (χ3n) is 3.88. The average Bonchev–Trinajstić information content (AvgIpc) is 2.18. The lowest BCUT2D eigenvalue weighted by atomic mass is 10.0. The summed E-state index contributed by atoms with van der Waals surface area (Å²) in [7, 11) is -2.12. The number of rotatable bonds is 4. The molecule has 0 atom stereocenters. The molecule has 0 saturated heterocycles. The molecule has 1 rings (SSSR count). The van der Waals surface area contributed by atoms with Crippen LogP contribution in [0, 0.1) is 6.92 Å². The van der Waals surface area contributed by atoms with E-state index in [-0.39, 0.29) is 5.04 Å². The molecule has 2 N–H and O–H groups in total. The van der Waals surface area contributed by atoms with Crippen LogP contribution < -0.4 is 4.73 Å². The number of aryl methyl sites for hydroxylation is 2. The van der Waals surface area contributed by atoms with Gasteiger partial charge >= 0.3 is 0 Å². The minimum atomic E-state index is -2.12. The van der Waals surface area contributed by atoms with Crippen LogP contribution >= 0.6 is 0 Å². The van der Waals surface area contributed by atoms with E-state index in [9.17, 15) is 10.0 Å². The van der Waals surface area contributed by atoms with Crippen molar-refractivity contribution in [3.63, 3.8) is 0 Å². The van der Waals surface area contributed by atoms with Crippen LogP contribution in [0.4, 0.5) is 0 Å². The van der Waals surface area contributed by atoms with Crippen LogP contribution in [0.15, 0.2) is 18.3 Å². The Balaban J connectivity index is 2.71. The van der Waals surface area contributed by atoms with Crippen molar-refractivity contribution in [2.24, 2.45) is 0 Å². The Morgan fingerprint density at radius 1 is 1.35 bits per heavy atom. The zero-order valence-electron chi connectivity index (χ0n) is 11.5. The molecule has 0 aromatic carbocycles. The highest BCUT2D eigenvalue weighted by molar-refractivity contribution is 6.72. The fraction of sp³-hybridized carbons (Fsp3) is 0.615. The van der Waals surface area contributed by atoms with Gasteiger partial charge in [-0.15, -0.1) is 0 Å². The van der Waals surface area contributed by atoms with Gasteiger partial charge in [0.2, 0.25) is 11.9 Å². The average molecular weight is 254 g/mol. The molecule has 0 aliphatic carbocycles. The molecule has 0 saturated carbocycles. The van der Waals surface area contributed by atoms with Gasteiger partial charge in [0.15, 0.2) is 8.32 Å². The zero-order chi connectivity index (χ0) is 13.3. The SMILES string of the molecule is Cc1cc(CCC(C)(C)[Si](C)(C)O)cc[n+]1O. The van der Waals surface area contributed by atoms with E-state index in [1.54, 1.807) is 6.20 Å². The summed E-state index contributed by atoms with van der Waals surface area (Å²) in [6, 6.07) is 3.91. The molecule has 0 fully saturated rings. The fourth-order valence-corrected chi connectivity index (χ4v) is 2.32. The Bertz CT molecular complexity index is 397. The van der Waals surface area contributed by atoms with Gasteiger partial charge in [-0.2, -0.15) is 0 Å². The minimum Gasteiger partial charge on any atom is -0.432 e. The molecule has 0 unspecified atom stereocenters. The van der Waals surface area contributed by atoms with Crippen LogP contribution in [-0.2, 0) is 6.42 Å². The first kappa shape index (κ1) is 14.2. The van der Waals surface area contributed by atoms with Crippen molar-refractivity contribution in [1.82, 2.24) is 0 Å². The summed E-state index contributed by atoms with van der Waals surface area (Å²) in [5.74, 6) is 0. The summed E-state index contributed by atoms with van der Waals surface area (Å²) in [5, 5.41) is 9.39. The van der Waals surface area contributed by atoms with Gasteiger partial charge < -0.3 is 4.80 Å². The van der Waals surface area contributed by atoms with Crippen LogP contribution in [-0.4, -0.2) is 18.3 Å². The van der Waals surface area contributed by atoms with E-state index in [1.165, 1.54) is 5.56 Å². The van der Waals surface area contributed by atoms with E-state index >= 15 is 0 Å². The molecule has 17 heavy (non-hydrogen) atoms. The molecular weight excluding hydrogens is 230 g/mol. The van der Waals surface area contributed by atoms with Gasteiger partial charge in [0, 0.05) is 23.8 Å². The summed E-state index contributed by atoms with van der Waals surface area (Å²) in [4.78, 5) is 10.2. The highest BCUT2D eigenvalue weighted by Crippen LogP contribution is 2.39. The molecule has 0 spiro atoms. The summed E-state index contributed by atoms with van der Waals surface area (Å²) in [6.07, 6.45) is 3.57. The minimum absolute atomic E-state index is 0.00589. The van der Waals surface area contributed by atoms with E-state index in [0.29, 0.717) is 0 Å². The van der Waals surface area contributed by atoms with Crippen LogP contribution in [0.2, 0.25) is 18.1 Å². The van der Waals surface area contributed by atoms with Crippen molar-refractivity contribution < 1.29 is 14.7 Å². The van der Waals surface area contributed by atoms with Gasteiger partial charge in [-0.05, 0) is 36.5 Å². The van der Waals surface area contributed by atoms with Gasteiger partial charge in [-0.25, -0.2) is 0 Å². The highest BCUT2D eigenvalue weighted by atomic mass is 28.4. The standard InChI is InChI=1S/C13H24NO2Si/c1-11-10-12(7-9-14(11)15)6-8-13(2,3)17(4,5)16/h7,9-10,15-16H,6,8H2,1-5H3/q+1. The monoisotopic (exact) mass is 254 g/mol. The van der Waals surface area contributed by atoms with Crippen LogP contribution in [0.3, 0.4) is 0 Å². The maximum atomic E-state index is 10.2. The predicted molar refractivity (Wildman–Crippen MR) is 70.6 cm³/mol. The van der Waals surface area contributed by atoms with E-state index in [1.807, 2.05) is 32.2 Å². The number of hydrogen-bond donors (Lipinski definition) is 2. The Morgan fingerprint density at radius 2 is 1.94 bits per heavy atom. The lowest BCUT2D eigenvalue weighted by Gasteiger charge is -2.35. The summed E-state index contributed by atoms with van der Waals surface area (Å²) in [6.45, 7) is 10.1. The van der Waals surface area contributed by atoms with E-state index < -0.39 is 8.32 Å². The molecule has 1 aromatic heterocycles. The van der Waals surface area contributed by atoms with Gasteiger partial charge in [0.25, 0.3) is 0 Å². The van der Waals surface area contributed by atoms with Crippen molar-refractivity contribution >= 4 is 8.32 Å². The zero-order valence-corrected chi connectivity index (χ0v) is 12.5. The Kier molecular flexibility index (Phi) is 3.99. The largest absolute Gasteiger partial charge is 0.432 e. The predicted octanol–water partition coefficient (Wildman–Crippen LogP) is 2.43. The van der Waals surface area contributed by atoms with Crippen LogP contribution in [0.25, 0.3) is 0 Å².